The smallest absolute Gasteiger partial charge is 0.171 e. The maximum Gasteiger partial charge on any atom is 0.171 e. The number of aliphatic hydroxyl groups excluding tert-OH is 2. The number of aliphatic hydroxyl groups is 2. The Hall–Kier alpha value is -0.490. The standard InChI is InChI=1S/C27H42O5/c1-14-7-10-27(31-13-14)15(2)21-20(32-27)12-19-18-6-5-16-11-17(28)8-9-25(16,3)22(18)23(29)24(30)26(19,21)4/h14-23,28-29H,5-13H2,1-4H3/t14-,15+,16?,17+,18+,19+,20+,21+,22-,23?,25+,26+,27-/m1/s1. The van der Waals surface area contributed by atoms with Crippen molar-refractivity contribution < 1.29 is 24.5 Å². The first-order valence-corrected chi connectivity index (χ1v) is 13.3. The van der Waals surface area contributed by atoms with Crippen molar-refractivity contribution >= 4 is 5.78 Å². The van der Waals surface area contributed by atoms with Crippen LogP contribution in [0, 0.1) is 52.3 Å². The van der Waals surface area contributed by atoms with E-state index in [0.29, 0.717) is 17.8 Å². The molecule has 2 saturated heterocycles. The van der Waals surface area contributed by atoms with Gasteiger partial charge < -0.3 is 19.7 Å². The van der Waals surface area contributed by atoms with E-state index < -0.39 is 17.3 Å². The van der Waals surface area contributed by atoms with Crippen LogP contribution in [0.25, 0.3) is 0 Å². The van der Waals surface area contributed by atoms with Gasteiger partial charge in [-0.2, -0.15) is 0 Å². The Bertz CT molecular complexity index is 789. The van der Waals surface area contributed by atoms with Gasteiger partial charge in [0.15, 0.2) is 11.6 Å². The summed E-state index contributed by atoms with van der Waals surface area (Å²) in [4.78, 5) is 14.1. The van der Waals surface area contributed by atoms with Gasteiger partial charge >= 0.3 is 0 Å². The maximum atomic E-state index is 14.1. The Morgan fingerprint density at radius 1 is 0.969 bits per heavy atom. The van der Waals surface area contributed by atoms with Crippen molar-refractivity contribution in [2.75, 3.05) is 6.61 Å². The van der Waals surface area contributed by atoms with Crippen LogP contribution >= 0.6 is 0 Å². The van der Waals surface area contributed by atoms with E-state index in [-0.39, 0.29) is 47.1 Å². The number of Topliss-reactive ketones (excluding diaryl/α,β-unsaturated/α-hetero) is 1. The van der Waals surface area contributed by atoms with E-state index in [4.69, 9.17) is 9.47 Å². The second-order valence-electron chi connectivity index (χ2n) is 13.1. The SMILES string of the molecule is C[C@@H]1CC[C@@]2(OC1)O[C@H]1C[C@H]3[C@@H]4CCC5C[C@@H](O)CC[C@]5(C)[C@H]4C(O)C(=O)[C@]3(C)[C@H]1[C@@H]2C. The van der Waals surface area contributed by atoms with Crippen molar-refractivity contribution in [3.63, 3.8) is 0 Å². The number of hydrogen-bond donors (Lipinski definition) is 2. The van der Waals surface area contributed by atoms with Gasteiger partial charge in [-0.05, 0) is 74.0 Å². The first kappa shape index (κ1) is 22.0. The third-order valence-electron chi connectivity index (χ3n) is 11.8. The van der Waals surface area contributed by atoms with Crippen molar-refractivity contribution in [3.05, 3.63) is 0 Å². The Balaban J connectivity index is 1.34. The van der Waals surface area contributed by atoms with E-state index in [9.17, 15) is 15.0 Å². The first-order valence-electron chi connectivity index (χ1n) is 13.3. The van der Waals surface area contributed by atoms with Gasteiger partial charge in [0.25, 0.3) is 0 Å². The van der Waals surface area contributed by atoms with Gasteiger partial charge in [-0.1, -0.05) is 27.7 Å². The molecule has 0 aromatic rings. The summed E-state index contributed by atoms with van der Waals surface area (Å²) in [6.07, 6.45) is 6.60. The minimum atomic E-state index is -0.890. The minimum Gasteiger partial charge on any atom is -0.393 e. The van der Waals surface area contributed by atoms with Crippen LogP contribution in [0.5, 0.6) is 0 Å². The van der Waals surface area contributed by atoms with Gasteiger partial charge in [0.05, 0.1) is 18.8 Å². The maximum absolute atomic E-state index is 14.1. The van der Waals surface area contributed by atoms with Crippen molar-refractivity contribution in [1.29, 1.82) is 0 Å². The normalized spacial score (nSPS) is 61.8. The average molecular weight is 447 g/mol. The summed E-state index contributed by atoms with van der Waals surface area (Å²) < 4.78 is 13.1. The zero-order valence-corrected chi connectivity index (χ0v) is 20.3. The molecule has 0 aromatic carbocycles. The van der Waals surface area contributed by atoms with E-state index in [1.54, 1.807) is 0 Å². The van der Waals surface area contributed by atoms with E-state index in [2.05, 4.69) is 27.7 Å². The highest BCUT2D eigenvalue weighted by atomic mass is 16.7. The molecular formula is C27H42O5. The molecule has 6 rings (SSSR count). The molecule has 5 nitrogen and oxygen atoms in total. The Labute approximate surface area is 192 Å². The highest BCUT2D eigenvalue weighted by Gasteiger charge is 2.73. The summed E-state index contributed by atoms with van der Waals surface area (Å²) in [5, 5.41) is 21.9. The predicted octanol–water partition coefficient (Wildman–Crippen LogP) is 3.94. The summed E-state index contributed by atoms with van der Waals surface area (Å²) in [5.41, 5.74) is -0.579. The largest absolute Gasteiger partial charge is 0.393 e. The molecule has 180 valence electrons. The lowest BCUT2D eigenvalue weighted by Gasteiger charge is -2.61. The zero-order chi connectivity index (χ0) is 22.6. The fourth-order valence-corrected chi connectivity index (χ4v) is 10.1. The number of hydrogen-bond acceptors (Lipinski definition) is 5. The minimum absolute atomic E-state index is 0.0224. The van der Waals surface area contributed by atoms with Crippen LogP contribution in [0.3, 0.4) is 0 Å². The highest BCUT2D eigenvalue weighted by molar-refractivity contribution is 5.91. The molecule has 4 saturated carbocycles. The Morgan fingerprint density at radius 2 is 1.75 bits per heavy atom. The molecule has 2 unspecified atom stereocenters. The van der Waals surface area contributed by atoms with Gasteiger partial charge in [0.2, 0.25) is 0 Å². The average Bonchev–Trinajstić information content (AvgIpc) is 3.20. The third kappa shape index (κ3) is 2.63. The predicted molar refractivity (Wildman–Crippen MR) is 120 cm³/mol. The number of ether oxygens (including phenoxy) is 2. The highest BCUT2D eigenvalue weighted by Crippen LogP contribution is 2.70. The zero-order valence-electron chi connectivity index (χ0n) is 20.3. The molecule has 2 heterocycles. The number of carbonyl (C=O) groups is 1. The van der Waals surface area contributed by atoms with Crippen LogP contribution in [0.2, 0.25) is 0 Å². The van der Waals surface area contributed by atoms with Gasteiger partial charge in [0.1, 0.15) is 6.10 Å². The lowest BCUT2D eigenvalue weighted by atomic mass is 9.43. The first-order chi connectivity index (χ1) is 15.1. The Morgan fingerprint density at radius 3 is 2.47 bits per heavy atom. The lowest BCUT2D eigenvalue weighted by Crippen LogP contribution is -2.64. The molecule has 1 spiro atoms. The van der Waals surface area contributed by atoms with Gasteiger partial charge in [-0.25, -0.2) is 0 Å². The molecule has 32 heavy (non-hydrogen) atoms. The molecule has 0 amide bonds. The van der Waals surface area contributed by atoms with E-state index in [1.165, 1.54) is 0 Å². The summed E-state index contributed by atoms with van der Waals surface area (Å²) >= 11 is 0. The number of rotatable bonds is 0. The summed E-state index contributed by atoms with van der Waals surface area (Å²) in [6, 6.07) is 0. The van der Waals surface area contributed by atoms with Gasteiger partial charge in [-0.15, -0.1) is 0 Å². The van der Waals surface area contributed by atoms with E-state index in [1.807, 2.05) is 0 Å². The summed E-state index contributed by atoms with van der Waals surface area (Å²) in [7, 11) is 0. The number of carbonyl (C=O) groups excluding carboxylic acids is 1. The molecule has 4 aliphatic carbocycles. The van der Waals surface area contributed by atoms with E-state index >= 15 is 0 Å². The molecule has 0 aromatic heterocycles. The van der Waals surface area contributed by atoms with Crippen LogP contribution in [0.4, 0.5) is 0 Å². The number of ketones is 1. The summed E-state index contributed by atoms with van der Waals surface area (Å²) in [5.74, 6) is 1.47. The monoisotopic (exact) mass is 446 g/mol. The van der Waals surface area contributed by atoms with Crippen molar-refractivity contribution in [2.24, 2.45) is 52.3 Å². The molecule has 6 aliphatic rings. The molecular weight excluding hydrogens is 404 g/mol. The van der Waals surface area contributed by atoms with Gasteiger partial charge in [0, 0.05) is 29.6 Å². The molecule has 13 atom stereocenters. The van der Waals surface area contributed by atoms with Gasteiger partial charge in [-0.3, -0.25) is 4.79 Å². The van der Waals surface area contributed by atoms with Crippen LogP contribution < -0.4 is 0 Å². The second kappa shape index (κ2) is 7.02. The molecule has 6 fully saturated rings. The van der Waals surface area contributed by atoms with Crippen molar-refractivity contribution in [3.8, 4) is 0 Å². The van der Waals surface area contributed by atoms with Crippen molar-refractivity contribution in [2.45, 2.75) is 103 Å². The fraction of sp³-hybridized carbons (Fsp3) is 0.963. The molecule has 2 N–H and O–H groups in total. The van der Waals surface area contributed by atoms with E-state index in [0.717, 1.165) is 58.0 Å². The lowest BCUT2D eigenvalue weighted by molar-refractivity contribution is -0.273. The van der Waals surface area contributed by atoms with Crippen LogP contribution in [0.1, 0.15) is 79.1 Å². The molecule has 5 heteroatoms. The van der Waals surface area contributed by atoms with Crippen molar-refractivity contribution in [1.82, 2.24) is 0 Å². The number of fused-ring (bicyclic) bond motifs is 7. The quantitative estimate of drug-likeness (QED) is 0.589. The second-order valence-corrected chi connectivity index (χ2v) is 13.1. The molecule has 0 radical (unpaired) electrons. The van der Waals surface area contributed by atoms with Crippen LogP contribution in [-0.2, 0) is 14.3 Å². The summed E-state index contributed by atoms with van der Waals surface area (Å²) in [6.45, 7) is 9.67. The topological polar surface area (TPSA) is 76.0 Å². The third-order valence-corrected chi connectivity index (χ3v) is 11.8. The fourth-order valence-electron chi connectivity index (χ4n) is 10.1. The van der Waals surface area contributed by atoms with Crippen LogP contribution in [0.15, 0.2) is 0 Å². The Kier molecular flexibility index (Phi) is 4.83. The molecule has 0 bridgehead atoms. The van der Waals surface area contributed by atoms with Crippen LogP contribution in [-0.4, -0.2) is 46.7 Å². The molecule has 2 aliphatic heterocycles.